The zero-order valence-corrected chi connectivity index (χ0v) is 10.6. The van der Waals surface area contributed by atoms with E-state index in [2.05, 4.69) is 6.92 Å². The highest BCUT2D eigenvalue weighted by molar-refractivity contribution is 5.95. The van der Waals surface area contributed by atoms with Crippen LogP contribution in [-0.2, 0) is 0 Å². The molecule has 0 heterocycles. The first-order chi connectivity index (χ1) is 8.24. The molecule has 2 nitrogen and oxygen atoms in total. The first kappa shape index (κ1) is 13.9. The lowest BCUT2D eigenvalue weighted by atomic mass is 10.0. The fourth-order valence-electron chi connectivity index (χ4n) is 1.84. The molecule has 0 unspecified atom stereocenters. The third kappa shape index (κ3) is 5.64. The third-order valence-corrected chi connectivity index (χ3v) is 2.94. The van der Waals surface area contributed by atoms with Crippen LogP contribution in [0.1, 0.15) is 55.8 Å². The van der Waals surface area contributed by atoms with Crippen molar-refractivity contribution in [2.45, 2.75) is 51.6 Å². The van der Waals surface area contributed by atoms with Gasteiger partial charge < -0.3 is 5.11 Å². The number of rotatable bonds is 8. The van der Waals surface area contributed by atoms with Crippen LogP contribution in [0.4, 0.5) is 0 Å². The third-order valence-electron chi connectivity index (χ3n) is 2.94. The largest absolute Gasteiger partial charge is 0.393 e. The van der Waals surface area contributed by atoms with Gasteiger partial charge in [0.15, 0.2) is 5.78 Å². The molecule has 1 aromatic rings. The summed E-state index contributed by atoms with van der Waals surface area (Å²) in [6.45, 7) is 2.14. The Bertz CT molecular complexity index is 319. The first-order valence-corrected chi connectivity index (χ1v) is 6.50. The van der Waals surface area contributed by atoms with Gasteiger partial charge in [0.1, 0.15) is 0 Å². The highest BCUT2D eigenvalue weighted by Crippen LogP contribution is 2.11. The Balaban J connectivity index is 2.24. The molecule has 0 aliphatic carbocycles. The van der Waals surface area contributed by atoms with Crippen molar-refractivity contribution < 1.29 is 9.90 Å². The summed E-state index contributed by atoms with van der Waals surface area (Å²) in [6.07, 6.45) is 4.88. The quantitative estimate of drug-likeness (QED) is 0.551. The summed E-state index contributed by atoms with van der Waals surface area (Å²) < 4.78 is 0. The van der Waals surface area contributed by atoms with Crippen molar-refractivity contribution >= 4 is 5.78 Å². The molecule has 0 saturated carbocycles. The molecule has 2 heteroatoms. The van der Waals surface area contributed by atoms with Gasteiger partial charge in [-0.05, 0) is 12.8 Å². The maximum absolute atomic E-state index is 11.8. The van der Waals surface area contributed by atoms with Crippen molar-refractivity contribution in [3.05, 3.63) is 35.9 Å². The Labute approximate surface area is 104 Å². The highest BCUT2D eigenvalue weighted by atomic mass is 16.3. The molecule has 0 fully saturated rings. The minimum Gasteiger partial charge on any atom is -0.393 e. The number of hydrogen-bond acceptors (Lipinski definition) is 2. The number of unbranched alkanes of at least 4 members (excludes halogenated alkanes) is 2. The van der Waals surface area contributed by atoms with Gasteiger partial charge in [0.2, 0.25) is 0 Å². The number of benzene rings is 1. The summed E-state index contributed by atoms with van der Waals surface area (Å²) in [6, 6.07) is 9.28. The zero-order valence-electron chi connectivity index (χ0n) is 10.6. The molecule has 94 valence electrons. The predicted octanol–water partition coefficient (Wildman–Crippen LogP) is 3.59. The number of hydrogen-bond donors (Lipinski definition) is 1. The van der Waals surface area contributed by atoms with Crippen LogP contribution in [-0.4, -0.2) is 17.0 Å². The van der Waals surface area contributed by atoms with Crippen LogP contribution >= 0.6 is 0 Å². The Morgan fingerprint density at radius 1 is 1.18 bits per heavy atom. The zero-order chi connectivity index (χ0) is 12.5. The van der Waals surface area contributed by atoms with Gasteiger partial charge in [-0.15, -0.1) is 0 Å². The fraction of sp³-hybridized carbons (Fsp3) is 0.533. The van der Waals surface area contributed by atoms with Crippen molar-refractivity contribution in [1.82, 2.24) is 0 Å². The van der Waals surface area contributed by atoms with Gasteiger partial charge in [-0.2, -0.15) is 0 Å². The molecule has 1 aromatic carbocycles. The number of ketones is 1. The summed E-state index contributed by atoms with van der Waals surface area (Å²) in [4.78, 5) is 11.8. The summed E-state index contributed by atoms with van der Waals surface area (Å²) >= 11 is 0. The molecule has 0 aliphatic rings. The van der Waals surface area contributed by atoms with Gasteiger partial charge >= 0.3 is 0 Å². The molecule has 1 rings (SSSR count). The summed E-state index contributed by atoms with van der Waals surface area (Å²) in [5.74, 6) is 0.125. The van der Waals surface area contributed by atoms with E-state index < -0.39 is 0 Å². The van der Waals surface area contributed by atoms with E-state index in [1.165, 1.54) is 0 Å². The van der Waals surface area contributed by atoms with Gasteiger partial charge in [0.05, 0.1) is 6.10 Å². The monoisotopic (exact) mass is 234 g/mol. The number of Topliss-reactive ketones (excluding diaryl/α,β-unsaturated/α-hetero) is 1. The lowest BCUT2D eigenvalue weighted by Crippen LogP contribution is -2.09. The number of carbonyl (C=O) groups excluding carboxylic acids is 1. The van der Waals surface area contributed by atoms with Crippen LogP contribution in [0.3, 0.4) is 0 Å². The first-order valence-electron chi connectivity index (χ1n) is 6.50. The number of aliphatic hydroxyl groups is 1. The van der Waals surface area contributed by atoms with Gasteiger partial charge in [0, 0.05) is 12.0 Å². The van der Waals surface area contributed by atoms with E-state index in [1.807, 2.05) is 30.3 Å². The second-order valence-corrected chi connectivity index (χ2v) is 4.48. The lowest BCUT2D eigenvalue weighted by molar-refractivity contribution is 0.0931. The molecule has 0 spiro atoms. The predicted molar refractivity (Wildman–Crippen MR) is 70.2 cm³/mol. The van der Waals surface area contributed by atoms with E-state index in [0.717, 1.165) is 31.2 Å². The number of aliphatic hydroxyl groups excluding tert-OH is 1. The summed E-state index contributed by atoms with van der Waals surface area (Å²) in [5, 5.41) is 9.72. The second-order valence-electron chi connectivity index (χ2n) is 4.48. The van der Waals surface area contributed by atoms with Gasteiger partial charge in [0.25, 0.3) is 0 Å². The molecule has 0 aliphatic heterocycles. The summed E-state index contributed by atoms with van der Waals surface area (Å²) in [7, 11) is 0. The van der Waals surface area contributed by atoms with Crippen LogP contribution in [0, 0.1) is 0 Å². The standard InChI is InChI=1S/C15H22O2/c1-2-3-5-10-14(16)11-12-15(17)13-8-6-4-7-9-13/h4,6-9,14,16H,2-3,5,10-12H2,1H3/t14-/m0/s1. The molecular weight excluding hydrogens is 212 g/mol. The molecule has 0 radical (unpaired) electrons. The topological polar surface area (TPSA) is 37.3 Å². The molecule has 1 N–H and O–H groups in total. The van der Waals surface area contributed by atoms with Crippen LogP contribution < -0.4 is 0 Å². The maximum Gasteiger partial charge on any atom is 0.162 e. The van der Waals surface area contributed by atoms with Crippen LogP contribution in [0.2, 0.25) is 0 Å². The van der Waals surface area contributed by atoms with E-state index in [9.17, 15) is 9.90 Å². The molecule has 0 bridgehead atoms. The minimum absolute atomic E-state index is 0.125. The van der Waals surface area contributed by atoms with Crippen molar-refractivity contribution in [1.29, 1.82) is 0 Å². The molecule has 17 heavy (non-hydrogen) atoms. The van der Waals surface area contributed by atoms with E-state index in [4.69, 9.17) is 0 Å². The van der Waals surface area contributed by atoms with Crippen molar-refractivity contribution in [3.63, 3.8) is 0 Å². The molecule has 1 atom stereocenters. The van der Waals surface area contributed by atoms with E-state index in [-0.39, 0.29) is 11.9 Å². The number of carbonyl (C=O) groups is 1. The Kier molecular flexibility index (Phi) is 6.56. The maximum atomic E-state index is 11.8. The normalized spacial score (nSPS) is 12.4. The smallest absolute Gasteiger partial charge is 0.162 e. The van der Waals surface area contributed by atoms with Crippen molar-refractivity contribution in [2.75, 3.05) is 0 Å². The average Bonchev–Trinajstić information content (AvgIpc) is 2.37. The van der Waals surface area contributed by atoms with Gasteiger partial charge in [-0.25, -0.2) is 0 Å². The van der Waals surface area contributed by atoms with E-state index >= 15 is 0 Å². The molecule has 0 amide bonds. The van der Waals surface area contributed by atoms with Crippen LogP contribution in [0.25, 0.3) is 0 Å². The van der Waals surface area contributed by atoms with Crippen LogP contribution in [0.5, 0.6) is 0 Å². The molecule has 0 saturated heterocycles. The Morgan fingerprint density at radius 3 is 2.53 bits per heavy atom. The Hall–Kier alpha value is -1.15. The average molecular weight is 234 g/mol. The SMILES string of the molecule is CCCCC[C@H](O)CCC(=O)c1ccccc1. The van der Waals surface area contributed by atoms with Gasteiger partial charge in [-0.1, -0.05) is 56.5 Å². The van der Waals surface area contributed by atoms with E-state index in [0.29, 0.717) is 12.8 Å². The second kappa shape index (κ2) is 8.02. The van der Waals surface area contributed by atoms with Crippen LogP contribution in [0.15, 0.2) is 30.3 Å². The minimum atomic E-state index is -0.325. The molecule has 0 aromatic heterocycles. The Morgan fingerprint density at radius 2 is 1.88 bits per heavy atom. The molecular formula is C15H22O2. The van der Waals surface area contributed by atoms with Crippen molar-refractivity contribution in [3.8, 4) is 0 Å². The summed E-state index contributed by atoms with van der Waals surface area (Å²) in [5.41, 5.74) is 0.744. The van der Waals surface area contributed by atoms with E-state index in [1.54, 1.807) is 0 Å². The highest BCUT2D eigenvalue weighted by Gasteiger charge is 2.09. The van der Waals surface area contributed by atoms with Crippen molar-refractivity contribution in [2.24, 2.45) is 0 Å². The lowest BCUT2D eigenvalue weighted by Gasteiger charge is -2.09. The van der Waals surface area contributed by atoms with Gasteiger partial charge in [-0.3, -0.25) is 4.79 Å². The fourth-order valence-corrected chi connectivity index (χ4v) is 1.84.